The van der Waals surface area contributed by atoms with Gasteiger partial charge in [-0.25, -0.2) is 4.39 Å². The van der Waals surface area contributed by atoms with Gasteiger partial charge in [-0.3, -0.25) is 4.90 Å². The van der Waals surface area contributed by atoms with Crippen LogP contribution >= 0.6 is 0 Å². The first kappa shape index (κ1) is 15.4. The molecule has 0 saturated carbocycles. The first-order chi connectivity index (χ1) is 9.49. The van der Waals surface area contributed by atoms with Crippen molar-refractivity contribution in [1.29, 1.82) is 0 Å². The van der Waals surface area contributed by atoms with E-state index >= 15 is 0 Å². The van der Waals surface area contributed by atoms with Crippen molar-refractivity contribution in [3.8, 4) is 0 Å². The largest absolute Gasteiger partial charge is 0.374 e. The molecular formula is C16H25FN2O. The Bertz CT molecular complexity index is 450. The van der Waals surface area contributed by atoms with Crippen LogP contribution in [0.5, 0.6) is 0 Å². The Balaban J connectivity index is 2.24. The molecule has 0 aliphatic carbocycles. The smallest absolute Gasteiger partial charge is 0.123 e. The van der Waals surface area contributed by atoms with Crippen molar-refractivity contribution < 1.29 is 9.13 Å². The summed E-state index contributed by atoms with van der Waals surface area (Å²) in [5, 5.41) is 3.42. The van der Waals surface area contributed by atoms with E-state index in [0.717, 1.165) is 30.8 Å². The molecule has 3 nitrogen and oxygen atoms in total. The first-order valence-corrected chi connectivity index (χ1v) is 7.30. The summed E-state index contributed by atoms with van der Waals surface area (Å²) in [5.41, 5.74) is 2.14. The minimum absolute atomic E-state index is 0.0525. The zero-order chi connectivity index (χ0) is 14.7. The minimum Gasteiger partial charge on any atom is -0.374 e. The topological polar surface area (TPSA) is 24.5 Å². The molecule has 1 N–H and O–H groups in total. The van der Waals surface area contributed by atoms with Crippen LogP contribution in [-0.4, -0.2) is 43.8 Å². The molecule has 2 rings (SSSR count). The minimum atomic E-state index is -0.180. The van der Waals surface area contributed by atoms with Gasteiger partial charge >= 0.3 is 0 Å². The molecule has 20 heavy (non-hydrogen) atoms. The second-order valence-corrected chi connectivity index (χ2v) is 5.90. The van der Waals surface area contributed by atoms with Crippen molar-refractivity contribution in [2.75, 3.05) is 26.7 Å². The molecule has 0 amide bonds. The highest BCUT2D eigenvalue weighted by Crippen LogP contribution is 2.30. The molecule has 1 aliphatic rings. The number of hydrogen-bond acceptors (Lipinski definition) is 3. The predicted molar refractivity (Wildman–Crippen MR) is 79.4 cm³/mol. The molecule has 1 heterocycles. The van der Waals surface area contributed by atoms with Gasteiger partial charge in [-0.05, 0) is 37.2 Å². The number of rotatable bonds is 4. The molecule has 0 spiro atoms. The Morgan fingerprint density at radius 1 is 1.45 bits per heavy atom. The van der Waals surface area contributed by atoms with Crippen LogP contribution in [0.3, 0.4) is 0 Å². The highest BCUT2D eigenvalue weighted by Gasteiger charge is 2.32. The molecular weight excluding hydrogens is 255 g/mol. The molecule has 1 saturated heterocycles. The van der Waals surface area contributed by atoms with Crippen LogP contribution < -0.4 is 5.32 Å². The van der Waals surface area contributed by atoms with Crippen LogP contribution in [0.4, 0.5) is 4.39 Å². The second kappa shape index (κ2) is 6.66. The van der Waals surface area contributed by atoms with Gasteiger partial charge in [0.1, 0.15) is 5.82 Å². The Morgan fingerprint density at radius 2 is 2.20 bits per heavy atom. The van der Waals surface area contributed by atoms with Gasteiger partial charge in [-0.2, -0.15) is 0 Å². The van der Waals surface area contributed by atoms with Crippen LogP contribution in [0, 0.1) is 12.7 Å². The summed E-state index contributed by atoms with van der Waals surface area (Å²) in [6, 6.07) is 5.53. The highest BCUT2D eigenvalue weighted by molar-refractivity contribution is 5.31. The number of morpholine rings is 1. The van der Waals surface area contributed by atoms with Crippen LogP contribution in [-0.2, 0) is 4.74 Å². The maximum atomic E-state index is 13.6. The van der Waals surface area contributed by atoms with Gasteiger partial charge in [0, 0.05) is 19.1 Å². The lowest BCUT2D eigenvalue weighted by molar-refractivity contribution is -0.0622. The summed E-state index contributed by atoms with van der Waals surface area (Å²) in [5.74, 6) is -0.180. The normalized spacial score (nSPS) is 24.3. The number of likely N-dealkylation sites (N-methyl/N-ethyl adjacent to an activating group) is 1. The average Bonchev–Trinajstić information content (AvgIpc) is 2.39. The van der Waals surface area contributed by atoms with Crippen LogP contribution in [0.2, 0.25) is 0 Å². The number of hydrogen-bond donors (Lipinski definition) is 1. The monoisotopic (exact) mass is 280 g/mol. The van der Waals surface area contributed by atoms with Crippen molar-refractivity contribution in [3.63, 3.8) is 0 Å². The van der Waals surface area contributed by atoms with E-state index in [1.165, 1.54) is 6.07 Å². The third-order valence-corrected chi connectivity index (χ3v) is 3.89. The average molecular weight is 280 g/mol. The van der Waals surface area contributed by atoms with Crippen LogP contribution in [0.1, 0.15) is 31.0 Å². The molecule has 4 heteroatoms. The summed E-state index contributed by atoms with van der Waals surface area (Å²) < 4.78 is 19.5. The number of benzene rings is 1. The third kappa shape index (κ3) is 3.57. The summed E-state index contributed by atoms with van der Waals surface area (Å²) in [6.07, 6.45) is 0.0525. The number of ether oxygens (including phenoxy) is 1. The SMILES string of the molecule is Cc1ccc(F)cc1C1C(CNC(C)C)OCCN1C. The van der Waals surface area contributed by atoms with Crippen LogP contribution in [0.25, 0.3) is 0 Å². The maximum Gasteiger partial charge on any atom is 0.123 e. The zero-order valence-electron chi connectivity index (χ0n) is 12.8. The van der Waals surface area contributed by atoms with Gasteiger partial charge in [-0.1, -0.05) is 19.9 Å². The number of halogens is 1. The maximum absolute atomic E-state index is 13.6. The third-order valence-electron chi connectivity index (χ3n) is 3.89. The van der Waals surface area contributed by atoms with Gasteiger partial charge in [0.2, 0.25) is 0 Å². The highest BCUT2D eigenvalue weighted by atomic mass is 19.1. The van der Waals surface area contributed by atoms with E-state index in [1.807, 2.05) is 13.0 Å². The summed E-state index contributed by atoms with van der Waals surface area (Å²) in [7, 11) is 2.08. The molecule has 1 aliphatic heterocycles. The fourth-order valence-electron chi connectivity index (χ4n) is 2.75. The van der Waals surface area contributed by atoms with E-state index in [2.05, 4.69) is 31.1 Å². The van der Waals surface area contributed by atoms with Crippen LogP contribution in [0.15, 0.2) is 18.2 Å². The van der Waals surface area contributed by atoms with Gasteiger partial charge in [0.05, 0.1) is 18.8 Å². The summed E-state index contributed by atoms with van der Waals surface area (Å²) in [4.78, 5) is 2.26. The van der Waals surface area contributed by atoms with E-state index in [4.69, 9.17) is 4.74 Å². The Kier molecular flexibility index (Phi) is 5.13. The van der Waals surface area contributed by atoms with E-state index in [9.17, 15) is 4.39 Å². The fourth-order valence-corrected chi connectivity index (χ4v) is 2.75. The van der Waals surface area contributed by atoms with Gasteiger partial charge < -0.3 is 10.1 Å². The van der Waals surface area contributed by atoms with E-state index < -0.39 is 0 Å². The number of aryl methyl sites for hydroxylation is 1. The molecule has 1 fully saturated rings. The van der Waals surface area contributed by atoms with Gasteiger partial charge in [0.15, 0.2) is 0 Å². The lowest BCUT2D eigenvalue weighted by atomic mass is 9.94. The van der Waals surface area contributed by atoms with Gasteiger partial charge in [-0.15, -0.1) is 0 Å². The van der Waals surface area contributed by atoms with Crippen molar-refractivity contribution >= 4 is 0 Å². The Labute approximate surface area is 121 Å². The lowest BCUT2D eigenvalue weighted by Crippen LogP contribution is -2.48. The first-order valence-electron chi connectivity index (χ1n) is 7.30. The van der Waals surface area contributed by atoms with E-state index in [-0.39, 0.29) is 18.0 Å². The lowest BCUT2D eigenvalue weighted by Gasteiger charge is -2.40. The molecule has 0 aromatic heterocycles. The van der Waals surface area contributed by atoms with Crippen molar-refractivity contribution in [1.82, 2.24) is 10.2 Å². The number of nitrogens with zero attached hydrogens (tertiary/aromatic N) is 1. The predicted octanol–water partition coefficient (Wildman–Crippen LogP) is 2.50. The molecule has 1 aromatic carbocycles. The van der Waals surface area contributed by atoms with Crippen molar-refractivity contribution in [3.05, 3.63) is 35.1 Å². The fraction of sp³-hybridized carbons (Fsp3) is 0.625. The molecule has 112 valence electrons. The molecule has 2 unspecified atom stereocenters. The standard InChI is InChI=1S/C16H25FN2O/c1-11(2)18-10-15-16(19(4)7-8-20-15)14-9-13(17)6-5-12(14)3/h5-6,9,11,15-16,18H,7-8,10H2,1-4H3. The van der Waals surface area contributed by atoms with Crippen molar-refractivity contribution in [2.45, 2.75) is 39.0 Å². The summed E-state index contributed by atoms with van der Waals surface area (Å²) >= 11 is 0. The zero-order valence-corrected chi connectivity index (χ0v) is 12.8. The number of nitrogens with one attached hydrogen (secondary N) is 1. The van der Waals surface area contributed by atoms with Gasteiger partial charge in [0.25, 0.3) is 0 Å². The van der Waals surface area contributed by atoms with E-state index in [0.29, 0.717) is 6.04 Å². The molecule has 0 bridgehead atoms. The Morgan fingerprint density at radius 3 is 2.90 bits per heavy atom. The van der Waals surface area contributed by atoms with Crippen molar-refractivity contribution in [2.24, 2.45) is 0 Å². The molecule has 0 radical (unpaired) electrons. The molecule has 2 atom stereocenters. The quantitative estimate of drug-likeness (QED) is 0.917. The molecule has 1 aromatic rings. The summed E-state index contributed by atoms with van der Waals surface area (Å²) in [6.45, 7) is 8.65. The van der Waals surface area contributed by atoms with E-state index in [1.54, 1.807) is 6.07 Å². The Hall–Kier alpha value is -0.970. The second-order valence-electron chi connectivity index (χ2n) is 5.90.